The summed E-state index contributed by atoms with van der Waals surface area (Å²) in [4.78, 5) is 47.8. The summed E-state index contributed by atoms with van der Waals surface area (Å²) in [6.45, 7) is 7.05. The highest BCUT2D eigenvalue weighted by molar-refractivity contribution is 6.31. The average Bonchev–Trinajstić information content (AvgIpc) is 3.40. The van der Waals surface area contributed by atoms with Crippen molar-refractivity contribution in [3.05, 3.63) is 70.3 Å². The Morgan fingerprint density at radius 1 is 1.02 bits per heavy atom. The van der Waals surface area contributed by atoms with E-state index in [0.29, 0.717) is 44.5 Å². The summed E-state index contributed by atoms with van der Waals surface area (Å²) < 4.78 is 17.4. The maximum atomic E-state index is 13.2. The number of anilines is 2. The van der Waals surface area contributed by atoms with Crippen LogP contribution in [0.3, 0.4) is 0 Å². The molecule has 226 valence electrons. The van der Waals surface area contributed by atoms with E-state index in [1.807, 2.05) is 6.07 Å². The summed E-state index contributed by atoms with van der Waals surface area (Å²) in [5, 5.41) is 13.7. The summed E-state index contributed by atoms with van der Waals surface area (Å²) in [7, 11) is 3.01. The van der Waals surface area contributed by atoms with E-state index >= 15 is 0 Å². The molecule has 0 atom stereocenters. The molecule has 2 aromatic heterocycles. The van der Waals surface area contributed by atoms with E-state index in [-0.39, 0.29) is 36.2 Å². The molecule has 0 aliphatic heterocycles. The minimum absolute atomic E-state index is 0.0634. The quantitative estimate of drug-likeness (QED) is 0.209. The van der Waals surface area contributed by atoms with Crippen LogP contribution in [0.1, 0.15) is 54.9 Å². The van der Waals surface area contributed by atoms with Gasteiger partial charge in [-0.05, 0) is 35.9 Å². The Balaban J connectivity index is 1.79. The highest BCUT2D eigenvalue weighted by Crippen LogP contribution is 2.41. The number of carbonyl (C=O) groups is 3. The zero-order valence-corrected chi connectivity index (χ0v) is 25.5. The van der Waals surface area contributed by atoms with Gasteiger partial charge < -0.3 is 24.3 Å². The van der Waals surface area contributed by atoms with Crippen LogP contribution in [0.25, 0.3) is 11.0 Å². The highest BCUT2D eigenvalue weighted by Gasteiger charge is 2.31. The third-order valence-electron chi connectivity index (χ3n) is 6.74. The second-order valence-corrected chi connectivity index (χ2v) is 10.9. The van der Waals surface area contributed by atoms with Gasteiger partial charge in [0.25, 0.3) is 0 Å². The van der Waals surface area contributed by atoms with E-state index < -0.39 is 17.8 Å². The van der Waals surface area contributed by atoms with Crippen molar-refractivity contribution < 1.29 is 33.4 Å². The first kappa shape index (κ1) is 31.3. The van der Waals surface area contributed by atoms with Crippen LogP contribution in [0.2, 0.25) is 5.02 Å². The zero-order chi connectivity index (χ0) is 31.4. The summed E-state index contributed by atoms with van der Waals surface area (Å²) in [5.74, 6) is -1.24. The molecule has 4 aromatic rings. The Morgan fingerprint density at radius 3 is 2.33 bits per heavy atom. The molecule has 11 nitrogen and oxygen atoms in total. The van der Waals surface area contributed by atoms with Crippen LogP contribution in [0.4, 0.5) is 11.5 Å². The van der Waals surface area contributed by atoms with E-state index in [2.05, 4.69) is 15.3 Å². The van der Waals surface area contributed by atoms with Crippen molar-refractivity contribution in [1.29, 1.82) is 0 Å². The number of aromatic carboxylic acids is 1. The number of methoxy groups -OCH3 is 2. The Morgan fingerprint density at radius 2 is 1.72 bits per heavy atom. The predicted molar refractivity (Wildman–Crippen MR) is 162 cm³/mol. The Hall–Kier alpha value is -4.64. The number of imide groups is 1. The maximum absolute atomic E-state index is 13.2. The molecule has 0 radical (unpaired) electrons. The second-order valence-electron chi connectivity index (χ2n) is 10.4. The monoisotopic (exact) mass is 608 g/mol. The number of benzene rings is 2. The molecule has 0 unspecified atom stereocenters. The number of rotatable bonds is 11. The number of ether oxygens (including phenoxy) is 2. The minimum atomic E-state index is -1.10. The van der Waals surface area contributed by atoms with Gasteiger partial charge in [0.05, 0.1) is 32.0 Å². The average molecular weight is 609 g/mol. The molecule has 0 bridgehead atoms. The standard InChI is InChI=1S/C31H33ClN4O7/c1-16(2)29(37)36(30(38)17(3)4)28-19(13-33-15-35-28)9-18-10-25(41-5)27(42-6)26-23(18)12-21(43-26)14-34-24-11-20(32)7-8-22(24)31(39)40/h7-8,10-13,15-17,34H,9,14H2,1-6H3,(H,39,40). The molecule has 2 aromatic carbocycles. The molecule has 0 fully saturated rings. The number of nitrogens with zero attached hydrogens (tertiary/aromatic N) is 3. The Kier molecular flexibility index (Phi) is 9.55. The molecule has 43 heavy (non-hydrogen) atoms. The normalized spacial score (nSPS) is 11.2. The number of hydrogen-bond acceptors (Lipinski definition) is 9. The summed E-state index contributed by atoms with van der Waals surface area (Å²) in [5.41, 5.74) is 2.09. The molecule has 12 heteroatoms. The van der Waals surface area contributed by atoms with Gasteiger partial charge in [-0.1, -0.05) is 39.3 Å². The lowest BCUT2D eigenvalue weighted by Gasteiger charge is -2.25. The number of hydrogen-bond donors (Lipinski definition) is 2. The first-order valence-electron chi connectivity index (χ1n) is 13.6. The van der Waals surface area contributed by atoms with E-state index in [1.165, 1.54) is 38.7 Å². The van der Waals surface area contributed by atoms with Gasteiger partial charge in [0, 0.05) is 40.4 Å². The van der Waals surface area contributed by atoms with Crippen LogP contribution in [0, 0.1) is 11.8 Å². The predicted octanol–water partition coefficient (Wildman–Crippen LogP) is 5.97. The van der Waals surface area contributed by atoms with Gasteiger partial charge in [0.2, 0.25) is 17.6 Å². The molecule has 0 aliphatic carbocycles. The number of carboxylic acid groups (broad SMARTS) is 1. The SMILES string of the molecule is COc1cc(Cc2cncnc2N(C(=O)C(C)C)C(=O)C(C)C)c2cc(CNc3cc(Cl)ccc3C(=O)O)oc2c1OC. The van der Waals surface area contributed by atoms with Gasteiger partial charge in [-0.2, -0.15) is 0 Å². The summed E-state index contributed by atoms with van der Waals surface area (Å²) in [6.07, 6.45) is 3.11. The van der Waals surface area contributed by atoms with E-state index in [1.54, 1.807) is 40.0 Å². The van der Waals surface area contributed by atoms with Crippen molar-refractivity contribution in [2.24, 2.45) is 11.8 Å². The first-order valence-corrected chi connectivity index (χ1v) is 13.9. The zero-order valence-electron chi connectivity index (χ0n) is 24.7. The molecule has 4 rings (SSSR count). The van der Waals surface area contributed by atoms with Crippen molar-refractivity contribution in [3.8, 4) is 11.5 Å². The number of furan rings is 1. The lowest BCUT2D eigenvalue weighted by molar-refractivity contribution is -0.129. The van der Waals surface area contributed by atoms with Crippen molar-refractivity contribution in [1.82, 2.24) is 9.97 Å². The number of nitrogens with one attached hydrogen (secondary N) is 1. The third-order valence-corrected chi connectivity index (χ3v) is 6.97. The highest BCUT2D eigenvalue weighted by atomic mass is 35.5. The molecule has 0 saturated heterocycles. The molecule has 0 aliphatic rings. The number of carboxylic acids is 1. The summed E-state index contributed by atoms with van der Waals surface area (Å²) in [6, 6.07) is 8.07. The smallest absolute Gasteiger partial charge is 0.337 e. The molecule has 2 amide bonds. The number of aromatic nitrogens is 2. The van der Waals surface area contributed by atoms with Gasteiger partial charge in [-0.25, -0.2) is 19.7 Å². The topological polar surface area (TPSA) is 144 Å². The second kappa shape index (κ2) is 13.1. The van der Waals surface area contributed by atoms with Crippen LogP contribution in [0.5, 0.6) is 11.5 Å². The van der Waals surface area contributed by atoms with Crippen molar-refractivity contribution in [2.45, 2.75) is 40.7 Å². The molecule has 2 N–H and O–H groups in total. The Bertz CT molecular complexity index is 1660. The van der Waals surface area contributed by atoms with Crippen LogP contribution < -0.4 is 19.7 Å². The number of carbonyl (C=O) groups excluding carboxylic acids is 2. The largest absolute Gasteiger partial charge is 0.493 e. The fourth-order valence-electron chi connectivity index (χ4n) is 4.59. The minimum Gasteiger partial charge on any atom is -0.493 e. The van der Waals surface area contributed by atoms with Gasteiger partial charge in [0.15, 0.2) is 11.3 Å². The van der Waals surface area contributed by atoms with Crippen LogP contribution in [-0.2, 0) is 22.6 Å². The lowest BCUT2D eigenvalue weighted by atomic mass is 10.0. The Labute approximate surface area is 253 Å². The molecular weight excluding hydrogens is 576 g/mol. The van der Waals surface area contributed by atoms with Crippen LogP contribution in [-0.4, -0.2) is 47.1 Å². The van der Waals surface area contributed by atoms with Gasteiger partial charge >= 0.3 is 5.97 Å². The summed E-state index contributed by atoms with van der Waals surface area (Å²) >= 11 is 6.10. The van der Waals surface area contributed by atoms with Crippen molar-refractivity contribution in [3.63, 3.8) is 0 Å². The van der Waals surface area contributed by atoms with Crippen LogP contribution >= 0.6 is 11.6 Å². The fourth-order valence-corrected chi connectivity index (χ4v) is 4.76. The fraction of sp³-hybridized carbons (Fsp3) is 0.323. The number of halogens is 1. The first-order chi connectivity index (χ1) is 20.5. The molecule has 2 heterocycles. The van der Waals surface area contributed by atoms with E-state index in [4.69, 9.17) is 25.5 Å². The van der Waals surface area contributed by atoms with E-state index in [9.17, 15) is 19.5 Å². The number of amides is 2. The third kappa shape index (κ3) is 6.56. The molecule has 0 spiro atoms. The van der Waals surface area contributed by atoms with E-state index in [0.717, 1.165) is 10.5 Å². The van der Waals surface area contributed by atoms with Gasteiger partial charge in [0.1, 0.15) is 17.9 Å². The van der Waals surface area contributed by atoms with Gasteiger partial charge in [-0.3, -0.25) is 9.59 Å². The molecule has 0 saturated carbocycles. The molecular formula is C31H33ClN4O7. The maximum Gasteiger partial charge on any atom is 0.337 e. The number of fused-ring (bicyclic) bond motifs is 1. The van der Waals surface area contributed by atoms with Crippen LogP contribution in [0.15, 0.2) is 47.3 Å². The lowest BCUT2D eigenvalue weighted by Crippen LogP contribution is -2.43. The van der Waals surface area contributed by atoms with Gasteiger partial charge in [-0.15, -0.1) is 0 Å². The van der Waals surface area contributed by atoms with Crippen molar-refractivity contribution in [2.75, 3.05) is 24.4 Å². The van der Waals surface area contributed by atoms with Crippen molar-refractivity contribution >= 4 is 51.9 Å².